The quantitative estimate of drug-likeness (QED) is 0.214. The van der Waals surface area contributed by atoms with Crippen LogP contribution >= 0.6 is 34.8 Å². The summed E-state index contributed by atoms with van der Waals surface area (Å²) < 4.78 is 69.4. The molecule has 238 valence electrons. The fourth-order valence-corrected chi connectivity index (χ4v) is 6.33. The Balaban J connectivity index is 2.15. The van der Waals surface area contributed by atoms with Crippen molar-refractivity contribution in [2.45, 2.75) is 50.9 Å². The molecule has 0 fully saturated rings. The summed E-state index contributed by atoms with van der Waals surface area (Å²) in [7, 11) is -4.63. The highest BCUT2D eigenvalue weighted by Crippen LogP contribution is 2.37. The molecule has 0 aliphatic heterocycles. The minimum atomic E-state index is -4.83. The van der Waals surface area contributed by atoms with Crippen LogP contribution in [0.2, 0.25) is 15.1 Å². The molecule has 0 saturated heterocycles. The van der Waals surface area contributed by atoms with Crippen LogP contribution < -0.4 is 9.62 Å². The first-order valence-corrected chi connectivity index (χ1v) is 16.1. The molecule has 1 atom stereocenters. The van der Waals surface area contributed by atoms with Crippen LogP contribution in [0.1, 0.15) is 38.3 Å². The number of nitrogens with one attached hydrogen (secondary N) is 1. The normalized spacial score (nSPS) is 12.6. The molecule has 0 unspecified atom stereocenters. The van der Waals surface area contributed by atoms with Crippen LogP contribution in [0.15, 0.2) is 71.6 Å². The Morgan fingerprint density at radius 1 is 0.909 bits per heavy atom. The summed E-state index contributed by atoms with van der Waals surface area (Å²) in [5, 5.41) is 2.91. The van der Waals surface area contributed by atoms with E-state index in [9.17, 15) is 31.2 Å². The molecule has 0 saturated carbocycles. The number of amides is 2. The smallest absolute Gasteiger partial charge is 0.354 e. The summed E-state index contributed by atoms with van der Waals surface area (Å²) in [6, 6.07) is 12.7. The van der Waals surface area contributed by atoms with Crippen LogP contribution in [0.25, 0.3) is 0 Å². The van der Waals surface area contributed by atoms with Crippen molar-refractivity contribution in [1.82, 2.24) is 10.2 Å². The fourth-order valence-electron chi connectivity index (χ4n) is 4.29. The van der Waals surface area contributed by atoms with E-state index in [0.29, 0.717) is 28.5 Å². The predicted octanol–water partition coefficient (Wildman–Crippen LogP) is 7.44. The molecule has 14 heteroatoms. The van der Waals surface area contributed by atoms with Crippen LogP contribution in [0, 0.1) is 5.92 Å². The molecule has 44 heavy (non-hydrogen) atoms. The summed E-state index contributed by atoms with van der Waals surface area (Å²) >= 11 is 18.5. The third kappa shape index (κ3) is 8.80. The van der Waals surface area contributed by atoms with E-state index in [2.05, 4.69) is 5.32 Å². The van der Waals surface area contributed by atoms with E-state index in [4.69, 9.17) is 34.8 Å². The van der Waals surface area contributed by atoms with Gasteiger partial charge in [0.05, 0.1) is 31.2 Å². The summed E-state index contributed by atoms with van der Waals surface area (Å²) in [6.45, 7) is 4.64. The average molecular weight is 693 g/mol. The number of anilines is 1. The minimum Gasteiger partial charge on any atom is -0.354 e. The zero-order chi connectivity index (χ0) is 32.8. The van der Waals surface area contributed by atoms with Crippen molar-refractivity contribution < 1.29 is 31.2 Å². The second-order valence-corrected chi connectivity index (χ2v) is 13.4. The SMILES string of the molecule is CC[C@@H](C(=O)NCC(C)C)N(Cc1ccc(Cl)c(Cl)c1)C(=O)CN(c1cc(C(F)(F)F)ccc1Cl)S(=O)(=O)c1ccccc1. The Morgan fingerprint density at radius 2 is 1.55 bits per heavy atom. The Labute approximate surface area is 269 Å². The standard InChI is InChI=1S/C30H31Cl3F3N3O4S/c1-4-26(29(41)37-16-19(2)3)38(17-20-10-12-23(31)25(33)14-20)28(40)18-39(44(42,43)22-8-6-5-7-9-22)27-15-21(30(34,35)36)11-13-24(27)32/h5-15,19,26H,4,16-18H2,1-3H3,(H,37,41)/t26-/m0/s1. The summed E-state index contributed by atoms with van der Waals surface area (Å²) in [5.41, 5.74) is -1.23. The summed E-state index contributed by atoms with van der Waals surface area (Å²) in [5.74, 6) is -1.25. The molecule has 7 nitrogen and oxygen atoms in total. The molecule has 3 aromatic rings. The number of nitrogens with zero attached hydrogens (tertiary/aromatic N) is 2. The van der Waals surface area contributed by atoms with E-state index in [1.54, 1.807) is 19.1 Å². The van der Waals surface area contributed by atoms with E-state index in [1.165, 1.54) is 41.3 Å². The Bertz CT molecular complexity index is 1590. The van der Waals surface area contributed by atoms with E-state index < -0.39 is 51.9 Å². The monoisotopic (exact) mass is 691 g/mol. The first-order chi connectivity index (χ1) is 20.6. The van der Waals surface area contributed by atoms with Gasteiger partial charge < -0.3 is 10.2 Å². The lowest BCUT2D eigenvalue weighted by Gasteiger charge is -2.33. The molecule has 0 aliphatic rings. The molecule has 2 amide bonds. The van der Waals surface area contributed by atoms with Crippen molar-refractivity contribution in [3.05, 3.63) is 92.9 Å². The zero-order valence-electron chi connectivity index (χ0n) is 24.0. The number of hydrogen-bond acceptors (Lipinski definition) is 4. The molecule has 0 aromatic heterocycles. The number of alkyl halides is 3. The third-order valence-electron chi connectivity index (χ3n) is 6.56. The number of hydrogen-bond donors (Lipinski definition) is 1. The third-order valence-corrected chi connectivity index (χ3v) is 9.39. The zero-order valence-corrected chi connectivity index (χ0v) is 27.1. The number of benzene rings is 3. The first kappa shape index (κ1) is 35.5. The highest BCUT2D eigenvalue weighted by molar-refractivity contribution is 7.92. The van der Waals surface area contributed by atoms with Gasteiger partial charge in [0.1, 0.15) is 12.6 Å². The molecule has 3 rings (SSSR count). The topological polar surface area (TPSA) is 86.8 Å². The molecule has 3 aromatic carbocycles. The molecule has 0 bridgehead atoms. The van der Waals surface area contributed by atoms with Gasteiger partial charge in [-0.1, -0.05) is 79.8 Å². The predicted molar refractivity (Wildman–Crippen MR) is 166 cm³/mol. The maximum atomic E-state index is 14.1. The molecule has 0 radical (unpaired) electrons. The van der Waals surface area contributed by atoms with Gasteiger partial charge in [0.15, 0.2) is 0 Å². The van der Waals surface area contributed by atoms with Gasteiger partial charge in [-0.3, -0.25) is 13.9 Å². The van der Waals surface area contributed by atoms with Crippen LogP contribution in [-0.2, 0) is 32.3 Å². The van der Waals surface area contributed by atoms with Crippen molar-refractivity contribution >= 4 is 62.3 Å². The number of sulfonamides is 1. The van der Waals surface area contributed by atoms with Crippen molar-refractivity contribution in [3.63, 3.8) is 0 Å². The maximum Gasteiger partial charge on any atom is 0.416 e. The summed E-state index contributed by atoms with van der Waals surface area (Å²) in [4.78, 5) is 28.3. The second kappa shape index (κ2) is 14.9. The van der Waals surface area contributed by atoms with E-state index in [0.717, 1.165) is 6.07 Å². The van der Waals surface area contributed by atoms with Crippen molar-refractivity contribution in [3.8, 4) is 0 Å². The van der Waals surface area contributed by atoms with Crippen molar-refractivity contribution in [2.24, 2.45) is 5.92 Å². The minimum absolute atomic E-state index is 0.102. The molecule has 1 N–H and O–H groups in total. The number of rotatable bonds is 12. The lowest BCUT2D eigenvalue weighted by molar-refractivity contribution is -0.140. The largest absolute Gasteiger partial charge is 0.416 e. The Hall–Kier alpha value is -2.99. The van der Waals surface area contributed by atoms with Crippen molar-refractivity contribution in [2.75, 3.05) is 17.4 Å². The molecular formula is C30H31Cl3F3N3O4S. The van der Waals surface area contributed by atoms with Gasteiger partial charge in [-0.05, 0) is 60.4 Å². The Kier molecular flexibility index (Phi) is 12.0. The van der Waals surface area contributed by atoms with Gasteiger partial charge in [0.2, 0.25) is 11.8 Å². The second-order valence-electron chi connectivity index (χ2n) is 10.3. The fraction of sp³-hybridized carbons (Fsp3) is 0.333. The molecule has 0 spiro atoms. The molecule has 0 aliphatic carbocycles. The average Bonchev–Trinajstić information content (AvgIpc) is 2.96. The maximum absolute atomic E-state index is 14.1. The van der Waals surface area contributed by atoms with Gasteiger partial charge >= 0.3 is 6.18 Å². The highest BCUT2D eigenvalue weighted by Gasteiger charge is 2.37. The van der Waals surface area contributed by atoms with Gasteiger partial charge in [0, 0.05) is 13.1 Å². The van der Waals surface area contributed by atoms with Gasteiger partial charge in [-0.2, -0.15) is 13.2 Å². The summed E-state index contributed by atoms with van der Waals surface area (Å²) in [6.07, 6.45) is -4.68. The van der Waals surface area contributed by atoms with Crippen LogP contribution in [0.5, 0.6) is 0 Å². The lowest BCUT2D eigenvalue weighted by Crippen LogP contribution is -2.52. The van der Waals surface area contributed by atoms with Crippen LogP contribution in [0.3, 0.4) is 0 Å². The van der Waals surface area contributed by atoms with Gasteiger partial charge in [-0.25, -0.2) is 8.42 Å². The van der Waals surface area contributed by atoms with Gasteiger partial charge in [0.25, 0.3) is 10.0 Å². The van der Waals surface area contributed by atoms with E-state index in [-0.39, 0.29) is 38.8 Å². The molecule has 0 heterocycles. The van der Waals surface area contributed by atoms with Crippen LogP contribution in [0.4, 0.5) is 18.9 Å². The number of halogens is 6. The number of carbonyl (C=O) groups is 2. The first-order valence-electron chi connectivity index (χ1n) is 13.5. The highest BCUT2D eigenvalue weighted by atomic mass is 35.5. The van der Waals surface area contributed by atoms with E-state index >= 15 is 0 Å². The van der Waals surface area contributed by atoms with Crippen molar-refractivity contribution in [1.29, 1.82) is 0 Å². The molecular weight excluding hydrogens is 662 g/mol. The number of carbonyl (C=O) groups excluding carboxylic acids is 2. The van der Waals surface area contributed by atoms with Gasteiger partial charge in [-0.15, -0.1) is 0 Å². The van der Waals surface area contributed by atoms with Crippen LogP contribution in [-0.4, -0.2) is 44.3 Å². The van der Waals surface area contributed by atoms with E-state index in [1.807, 2.05) is 13.8 Å². The Morgan fingerprint density at radius 3 is 2.11 bits per heavy atom. The lowest BCUT2D eigenvalue weighted by atomic mass is 10.1.